The highest BCUT2D eigenvalue weighted by atomic mass is 32.1. The van der Waals surface area contributed by atoms with Crippen LogP contribution in [-0.2, 0) is 19.0 Å². The standard InChI is InChI=1S/C42H64N2O7S/c1-25(2)20-37(50-42(48)43-11)40-44-34(24-52-40)39-30(7)15-13-14-29(6)38(49-12)33(10)35(45)19-17-26(3)21-28(5)22-32(9)36(46)23-27(4)16-18-31(8)41(47)51-39/h14,16-19,21-22,24-25,30,32-33,35-39,45-46H,13,15,20,23H2,1-12H3,(H,43,48)/b19-17+,26-21-,27-16-,28-22-,29-14+,31-18+/t30-,32-,33-,35+,36+,37-,38+,39-/m0/s1. The van der Waals surface area contributed by atoms with Gasteiger partial charge in [-0.2, -0.15) is 0 Å². The Morgan fingerprint density at radius 2 is 1.79 bits per heavy atom. The van der Waals surface area contributed by atoms with Crippen LogP contribution in [0.2, 0.25) is 0 Å². The van der Waals surface area contributed by atoms with Crippen molar-refractivity contribution in [2.24, 2.45) is 23.7 Å². The predicted octanol–water partition coefficient (Wildman–Crippen LogP) is 9.29. The van der Waals surface area contributed by atoms with Gasteiger partial charge < -0.3 is 29.7 Å². The van der Waals surface area contributed by atoms with Gasteiger partial charge in [-0.15, -0.1) is 11.3 Å². The molecule has 9 nitrogen and oxygen atoms in total. The zero-order valence-corrected chi connectivity index (χ0v) is 34.3. The van der Waals surface area contributed by atoms with E-state index in [1.807, 2.05) is 78.2 Å². The number of hydrogen-bond acceptors (Lipinski definition) is 9. The van der Waals surface area contributed by atoms with E-state index in [9.17, 15) is 19.8 Å². The van der Waals surface area contributed by atoms with Gasteiger partial charge in [-0.3, -0.25) is 0 Å². The number of aliphatic hydroxyl groups excluding tert-OH is 2. The number of allylic oxidation sites excluding steroid dienone is 7. The lowest BCUT2D eigenvalue weighted by atomic mass is 9.90. The van der Waals surface area contributed by atoms with Crippen LogP contribution in [0, 0.1) is 23.7 Å². The first kappa shape index (κ1) is 44.8. The second kappa shape index (κ2) is 22.0. The molecule has 0 aromatic carbocycles. The van der Waals surface area contributed by atoms with Crippen LogP contribution in [0.15, 0.2) is 75.8 Å². The van der Waals surface area contributed by atoms with Crippen LogP contribution in [0.5, 0.6) is 0 Å². The summed E-state index contributed by atoms with van der Waals surface area (Å²) in [6.07, 6.45) is 12.6. The molecule has 290 valence electrons. The summed E-state index contributed by atoms with van der Waals surface area (Å²) in [6.45, 7) is 19.8. The summed E-state index contributed by atoms with van der Waals surface area (Å²) in [5, 5.41) is 27.1. The minimum Gasteiger partial charge on any atom is -0.452 e. The molecule has 1 aliphatic rings. The molecule has 0 fully saturated rings. The Labute approximate surface area is 316 Å². The Balaban J connectivity index is 2.55. The largest absolute Gasteiger partial charge is 0.452 e. The molecule has 0 saturated heterocycles. The van der Waals surface area contributed by atoms with E-state index in [4.69, 9.17) is 19.2 Å². The van der Waals surface area contributed by atoms with Gasteiger partial charge in [0.2, 0.25) is 0 Å². The number of aliphatic hydroxyl groups is 2. The average molecular weight is 741 g/mol. The average Bonchev–Trinajstić information content (AvgIpc) is 3.57. The van der Waals surface area contributed by atoms with Crippen molar-refractivity contribution in [2.75, 3.05) is 14.2 Å². The highest BCUT2D eigenvalue weighted by Gasteiger charge is 2.30. The Bertz CT molecular complexity index is 1500. The first-order valence-electron chi connectivity index (χ1n) is 18.5. The lowest BCUT2D eigenvalue weighted by Gasteiger charge is -2.27. The number of carbonyl (C=O) groups is 2. The molecule has 0 spiro atoms. The number of thiazole rings is 1. The molecule has 1 aromatic rings. The fraction of sp³-hybridized carbons (Fsp3) is 0.595. The van der Waals surface area contributed by atoms with Crippen molar-refractivity contribution in [2.45, 2.75) is 125 Å². The molecule has 1 aromatic heterocycles. The fourth-order valence-corrected chi connectivity index (χ4v) is 7.12. The van der Waals surface area contributed by atoms with Crippen LogP contribution < -0.4 is 5.32 Å². The van der Waals surface area contributed by atoms with E-state index in [-0.39, 0.29) is 29.8 Å². The van der Waals surface area contributed by atoms with Gasteiger partial charge in [0.05, 0.1) is 24.0 Å². The van der Waals surface area contributed by atoms with Gasteiger partial charge in [-0.05, 0) is 77.7 Å². The van der Waals surface area contributed by atoms with Crippen LogP contribution in [-0.4, -0.2) is 59.7 Å². The monoisotopic (exact) mass is 740 g/mol. The van der Waals surface area contributed by atoms with Crippen molar-refractivity contribution in [3.63, 3.8) is 0 Å². The number of nitrogens with one attached hydrogen (secondary N) is 1. The van der Waals surface area contributed by atoms with Gasteiger partial charge in [0.25, 0.3) is 0 Å². The summed E-state index contributed by atoms with van der Waals surface area (Å²) in [6, 6.07) is 0. The van der Waals surface area contributed by atoms with Gasteiger partial charge in [-0.25, -0.2) is 14.6 Å². The molecule has 0 radical (unpaired) electrons. The first-order valence-corrected chi connectivity index (χ1v) is 19.3. The minimum absolute atomic E-state index is 0.105. The van der Waals surface area contributed by atoms with Gasteiger partial charge in [-0.1, -0.05) is 93.9 Å². The molecule has 3 N–H and O–H groups in total. The highest BCUT2D eigenvalue weighted by molar-refractivity contribution is 7.09. The zero-order valence-electron chi connectivity index (χ0n) is 33.4. The van der Waals surface area contributed by atoms with E-state index >= 15 is 0 Å². The minimum atomic E-state index is -0.730. The van der Waals surface area contributed by atoms with E-state index in [0.29, 0.717) is 42.0 Å². The lowest BCUT2D eigenvalue weighted by molar-refractivity contribution is -0.147. The Morgan fingerprint density at radius 1 is 1.10 bits per heavy atom. The molecule has 0 aliphatic carbocycles. The molecular formula is C42H64N2O7S. The first-order chi connectivity index (χ1) is 24.5. The van der Waals surface area contributed by atoms with E-state index in [2.05, 4.69) is 25.2 Å². The topological polar surface area (TPSA) is 127 Å². The molecule has 1 amide bonds. The zero-order chi connectivity index (χ0) is 39.1. The third-order valence-corrected chi connectivity index (χ3v) is 10.4. The van der Waals surface area contributed by atoms with E-state index < -0.39 is 36.5 Å². The van der Waals surface area contributed by atoms with Crippen molar-refractivity contribution in [1.82, 2.24) is 10.3 Å². The number of hydrogen-bond donors (Lipinski definition) is 3. The van der Waals surface area contributed by atoms with Crippen molar-refractivity contribution in [3.05, 3.63) is 86.5 Å². The second-order valence-electron chi connectivity index (χ2n) is 14.9. The number of cyclic esters (lactones) is 1. The quantitative estimate of drug-likeness (QED) is 0.195. The molecule has 10 heteroatoms. The summed E-state index contributed by atoms with van der Waals surface area (Å²) in [5.74, 6) is -0.623. The number of amides is 1. The number of aromatic nitrogens is 1. The summed E-state index contributed by atoms with van der Waals surface area (Å²) >= 11 is 1.39. The molecule has 0 unspecified atom stereocenters. The number of carbonyl (C=O) groups excluding carboxylic acids is 2. The Hall–Kier alpha value is -3.31. The van der Waals surface area contributed by atoms with Gasteiger partial charge in [0.15, 0.2) is 6.10 Å². The van der Waals surface area contributed by atoms with Crippen LogP contribution in [0.25, 0.3) is 0 Å². The number of ether oxygens (including phenoxy) is 3. The maximum Gasteiger partial charge on any atom is 0.407 e. The van der Waals surface area contributed by atoms with Crippen molar-refractivity contribution in [1.29, 1.82) is 0 Å². The van der Waals surface area contributed by atoms with Crippen molar-refractivity contribution in [3.8, 4) is 0 Å². The van der Waals surface area contributed by atoms with Crippen LogP contribution in [0.4, 0.5) is 4.79 Å². The Kier molecular flexibility index (Phi) is 19.0. The highest BCUT2D eigenvalue weighted by Crippen LogP contribution is 2.35. The lowest BCUT2D eigenvalue weighted by Crippen LogP contribution is -2.30. The van der Waals surface area contributed by atoms with E-state index in [1.165, 1.54) is 18.4 Å². The SMILES string of the molecule is CNC(=O)O[C@@H](CC(C)C)c1nc([C@H]2OC(=O)/C(C)=C/C=C(/C)C[C@@H](O)[C@@H](C)\C=C(C)/C=C(C)\C=C\[C@@H](O)[C@H](C)[C@H](OC)/C(C)=C/CC[C@@H]2C)cs1. The molecule has 52 heavy (non-hydrogen) atoms. The van der Waals surface area contributed by atoms with Gasteiger partial charge in [0, 0.05) is 36.9 Å². The molecule has 1 aliphatic heterocycles. The maximum absolute atomic E-state index is 13.6. The summed E-state index contributed by atoms with van der Waals surface area (Å²) < 4.78 is 17.8. The smallest absolute Gasteiger partial charge is 0.407 e. The van der Waals surface area contributed by atoms with Crippen LogP contribution >= 0.6 is 11.3 Å². The number of methoxy groups -OCH3 is 1. The number of alkyl carbamates (subject to hydrolysis) is 1. The van der Waals surface area contributed by atoms with E-state index in [1.54, 1.807) is 26.2 Å². The molecule has 2 rings (SSSR count). The van der Waals surface area contributed by atoms with Gasteiger partial charge >= 0.3 is 12.1 Å². The Morgan fingerprint density at radius 3 is 2.42 bits per heavy atom. The molecule has 0 bridgehead atoms. The van der Waals surface area contributed by atoms with Crippen LogP contribution in [0.1, 0.15) is 118 Å². The molecular weight excluding hydrogens is 677 g/mol. The predicted molar refractivity (Wildman–Crippen MR) is 211 cm³/mol. The molecule has 2 heterocycles. The molecule has 8 atom stereocenters. The van der Waals surface area contributed by atoms with Gasteiger partial charge in [0.1, 0.15) is 11.1 Å². The normalized spacial score (nSPS) is 32.9. The van der Waals surface area contributed by atoms with Crippen molar-refractivity contribution < 1.29 is 34.0 Å². The number of rotatable bonds is 6. The summed E-state index contributed by atoms with van der Waals surface area (Å²) in [5.41, 5.74) is 5.00. The summed E-state index contributed by atoms with van der Waals surface area (Å²) in [4.78, 5) is 30.6. The number of esters is 1. The van der Waals surface area contributed by atoms with Crippen LogP contribution in [0.3, 0.4) is 0 Å². The fourth-order valence-electron chi connectivity index (χ4n) is 6.23. The summed E-state index contributed by atoms with van der Waals surface area (Å²) in [7, 11) is 3.18. The van der Waals surface area contributed by atoms with E-state index in [0.717, 1.165) is 22.3 Å². The third-order valence-electron chi connectivity index (χ3n) is 9.42. The van der Waals surface area contributed by atoms with Crippen molar-refractivity contribution >= 4 is 23.4 Å². The molecule has 0 saturated carbocycles. The second-order valence-corrected chi connectivity index (χ2v) is 15.8. The maximum atomic E-state index is 13.6. The third kappa shape index (κ3) is 14.6. The number of nitrogens with zero attached hydrogens (tertiary/aromatic N) is 1.